The summed E-state index contributed by atoms with van der Waals surface area (Å²) in [5, 5.41) is 3.47. The Morgan fingerprint density at radius 3 is 2.54 bits per heavy atom. The summed E-state index contributed by atoms with van der Waals surface area (Å²) in [7, 11) is -3.48. The smallest absolute Gasteiger partial charge is 0.241 e. The molecule has 4 nitrogen and oxygen atoms in total. The molecule has 2 aromatic rings. The summed E-state index contributed by atoms with van der Waals surface area (Å²) in [5.41, 5.74) is 6.70. The lowest BCUT2D eigenvalue weighted by molar-refractivity contribution is 0.575. The number of sulfonamides is 1. The maximum absolute atomic E-state index is 12.7. The quantitative estimate of drug-likeness (QED) is 0.564. The molecule has 0 spiro atoms. The Balaban J connectivity index is 1.59. The van der Waals surface area contributed by atoms with E-state index in [1.165, 1.54) is 16.8 Å². The zero-order chi connectivity index (χ0) is 20.3. The summed E-state index contributed by atoms with van der Waals surface area (Å²) in [5.74, 6) is 0. The first-order valence-electron chi connectivity index (χ1n) is 9.91. The number of rotatable bonds is 7. The van der Waals surface area contributed by atoms with Crippen LogP contribution in [0.2, 0.25) is 0 Å². The standard InChI is InChI=1S/C22H29BrN2O2S/c1-15-13-16(2)22(17(3)14-15)28(26,27)25-12-5-4-7-18-19-8-6-11-24-21(19)10-9-20(18)23/h9-10,13-14,24-25H,4-8,11-12H2,1-3H3. The number of unbranched alkanes of at least 4 members (excludes halogenated alkanes) is 1. The van der Waals surface area contributed by atoms with Crippen LogP contribution in [0.25, 0.3) is 0 Å². The van der Waals surface area contributed by atoms with E-state index in [4.69, 9.17) is 0 Å². The van der Waals surface area contributed by atoms with Gasteiger partial charge in [0.2, 0.25) is 10.0 Å². The zero-order valence-electron chi connectivity index (χ0n) is 16.9. The maximum atomic E-state index is 12.7. The van der Waals surface area contributed by atoms with Crippen molar-refractivity contribution in [3.05, 3.63) is 56.6 Å². The zero-order valence-corrected chi connectivity index (χ0v) is 19.3. The molecule has 0 saturated carbocycles. The van der Waals surface area contributed by atoms with Gasteiger partial charge < -0.3 is 5.32 Å². The molecule has 152 valence electrons. The minimum atomic E-state index is -3.48. The molecule has 0 aromatic heterocycles. The van der Waals surface area contributed by atoms with E-state index < -0.39 is 10.0 Å². The lowest BCUT2D eigenvalue weighted by atomic mass is 9.94. The van der Waals surface area contributed by atoms with Crippen molar-refractivity contribution in [2.45, 2.75) is 57.8 Å². The number of hydrogen-bond acceptors (Lipinski definition) is 3. The SMILES string of the molecule is Cc1cc(C)c(S(=O)(=O)NCCCCc2c(Br)ccc3c2CCCN3)c(C)c1. The van der Waals surface area contributed by atoms with Crippen LogP contribution < -0.4 is 10.0 Å². The van der Waals surface area contributed by atoms with Crippen LogP contribution in [-0.4, -0.2) is 21.5 Å². The van der Waals surface area contributed by atoms with Gasteiger partial charge in [0.05, 0.1) is 4.90 Å². The van der Waals surface area contributed by atoms with E-state index in [0.717, 1.165) is 59.8 Å². The molecule has 1 aliphatic rings. The molecule has 6 heteroatoms. The van der Waals surface area contributed by atoms with Gasteiger partial charge in [0, 0.05) is 23.2 Å². The minimum Gasteiger partial charge on any atom is -0.385 e. The highest BCUT2D eigenvalue weighted by molar-refractivity contribution is 9.10. The fourth-order valence-electron chi connectivity index (χ4n) is 4.17. The van der Waals surface area contributed by atoms with Crippen LogP contribution in [0.3, 0.4) is 0 Å². The van der Waals surface area contributed by atoms with Gasteiger partial charge in [0.25, 0.3) is 0 Å². The second-order valence-electron chi connectivity index (χ2n) is 7.67. The van der Waals surface area contributed by atoms with Crippen molar-refractivity contribution in [3.63, 3.8) is 0 Å². The van der Waals surface area contributed by atoms with Crippen LogP contribution in [0.15, 0.2) is 33.6 Å². The molecule has 3 rings (SSSR count). The predicted octanol–water partition coefficient (Wildman–Crippen LogP) is 5.03. The fourth-order valence-corrected chi connectivity index (χ4v) is 6.26. The molecule has 0 bridgehead atoms. The largest absolute Gasteiger partial charge is 0.385 e. The average Bonchev–Trinajstić information content (AvgIpc) is 2.61. The van der Waals surface area contributed by atoms with E-state index in [2.05, 4.69) is 38.1 Å². The van der Waals surface area contributed by atoms with Crippen molar-refractivity contribution in [2.24, 2.45) is 0 Å². The van der Waals surface area contributed by atoms with Crippen LogP contribution in [0.5, 0.6) is 0 Å². The molecule has 2 aromatic carbocycles. The van der Waals surface area contributed by atoms with Crippen LogP contribution in [-0.2, 0) is 22.9 Å². The molecule has 0 radical (unpaired) electrons. The molecule has 0 fully saturated rings. The number of fused-ring (bicyclic) bond motifs is 1. The second kappa shape index (κ2) is 8.97. The fraction of sp³-hybridized carbons (Fsp3) is 0.455. The number of anilines is 1. The molecule has 1 aliphatic heterocycles. The van der Waals surface area contributed by atoms with Gasteiger partial charge in [-0.15, -0.1) is 0 Å². The van der Waals surface area contributed by atoms with E-state index in [1.807, 2.05) is 32.9 Å². The van der Waals surface area contributed by atoms with Crippen molar-refractivity contribution in [2.75, 3.05) is 18.4 Å². The van der Waals surface area contributed by atoms with E-state index in [9.17, 15) is 8.42 Å². The lowest BCUT2D eigenvalue weighted by Gasteiger charge is -2.22. The first kappa shape index (κ1) is 21.3. The Morgan fingerprint density at radius 1 is 1.11 bits per heavy atom. The first-order chi connectivity index (χ1) is 13.3. The molecular weight excluding hydrogens is 436 g/mol. The highest BCUT2D eigenvalue weighted by atomic mass is 79.9. The van der Waals surface area contributed by atoms with E-state index in [0.29, 0.717) is 11.4 Å². The molecular formula is C22H29BrN2O2S. The number of halogens is 1. The van der Waals surface area contributed by atoms with Crippen LogP contribution in [0.1, 0.15) is 47.1 Å². The highest BCUT2D eigenvalue weighted by Crippen LogP contribution is 2.32. The monoisotopic (exact) mass is 464 g/mol. The summed E-state index contributed by atoms with van der Waals surface area (Å²) >= 11 is 3.69. The Morgan fingerprint density at radius 2 is 1.82 bits per heavy atom. The van der Waals surface area contributed by atoms with Gasteiger partial charge in [-0.1, -0.05) is 33.6 Å². The molecule has 2 N–H and O–H groups in total. The lowest BCUT2D eigenvalue weighted by Crippen LogP contribution is -2.26. The summed E-state index contributed by atoms with van der Waals surface area (Å²) in [6.07, 6.45) is 4.98. The highest BCUT2D eigenvalue weighted by Gasteiger charge is 2.19. The average molecular weight is 465 g/mol. The van der Waals surface area contributed by atoms with E-state index in [1.54, 1.807) is 0 Å². The summed E-state index contributed by atoms with van der Waals surface area (Å²) in [4.78, 5) is 0.420. The van der Waals surface area contributed by atoms with Gasteiger partial charge >= 0.3 is 0 Å². The number of benzene rings is 2. The van der Waals surface area contributed by atoms with Crippen molar-refractivity contribution in [1.29, 1.82) is 0 Å². The molecule has 28 heavy (non-hydrogen) atoms. The molecule has 0 saturated heterocycles. The van der Waals surface area contributed by atoms with Gasteiger partial charge in [0.1, 0.15) is 0 Å². The van der Waals surface area contributed by atoms with E-state index in [-0.39, 0.29) is 0 Å². The van der Waals surface area contributed by atoms with Gasteiger partial charge in [0.15, 0.2) is 0 Å². The van der Waals surface area contributed by atoms with Crippen molar-refractivity contribution in [3.8, 4) is 0 Å². The third-order valence-electron chi connectivity index (χ3n) is 5.31. The molecule has 0 aliphatic carbocycles. The number of hydrogen-bond donors (Lipinski definition) is 2. The summed E-state index contributed by atoms with van der Waals surface area (Å²) in [6, 6.07) is 8.10. The van der Waals surface area contributed by atoms with E-state index >= 15 is 0 Å². The molecule has 0 atom stereocenters. The Kier molecular flexibility index (Phi) is 6.84. The Labute approximate surface area is 177 Å². The minimum absolute atomic E-state index is 0.420. The topological polar surface area (TPSA) is 58.2 Å². The van der Waals surface area contributed by atoms with Gasteiger partial charge in [-0.2, -0.15) is 0 Å². The summed E-state index contributed by atoms with van der Waals surface area (Å²) in [6.45, 7) is 7.20. The number of nitrogens with one attached hydrogen (secondary N) is 2. The van der Waals surface area contributed by atoms with Crippen LogP contribution in [0.4, 0.5) is 5.69 Å². The summed E-state index contributed by atoms with van der Waals surface area (Å²) < 4.78 is 29.4. The van der Waals surface area contributed by atoms with Crippen LogP contribution >= 0.6 is 15.9 Å². The maximum Gasteiger partial charge on any atom is 0.241 e. The Hall–Kier alpha value is -1.37. The van der Waals surface area contributed by atoms with Gasteiger partial charge in [-0.3, -0.25) is 0 Å². The normalized spacial score (nSPS) is 13.9. The Bertz CT molecular complexity index is 948. The third-order valence-corrected chi connectivity index (χ3v) is 7.82. The molecule has 0 unspecified atom stereocenters. The molecule has 1 heterocycles. The molecule has 0 amide bonds. The number of aryl methyl sites for hydroxylation is 3. The van der Waals surface area contributed by atoms with Gasteiger partial charge in [-0.05, 0) is 87.3 Å². The van der Waals surface area contributed by atoms with Crippen molar-refractivity contribution >= 4 is 31.6 Å². The first-order valence-corrected chi connectivity index (χ1v) is 12.2. The van der Waals surface area contributed by atoms with Crippen molar-refractivity contribution in [1.82, 2.24) is 4.72 Å². The predicted molar refractivity (Wildman–Crippen MR) is 120 cm³/mol. The van der Waals surface area contributed by atoms with Gasteiger partial charge in [-0.25, -0.2) is 13.1 Å². The second-order valence-corrected chi connectivity index (χ2v) is 10.2. The third kappa shape index (κ3) is 4.78. The van der Waals surface area contributed by atoms with Crippen LogP contribution in [0, 0.1) is 20.8 Å². The van der Waals surface area contributed by atoms with Crippen molar-refractivity contribution < 1.29 is 8.42 Å².